The third kappa shape index (κ3) is 5.35. The van der Waals surface area contributed by atoms with Crippen molar-refractivity contribution in [1.82, 2.24) is 15.5 Å². The lowest BCUT2D eigenvalue weighted by molar-refractivity contribution is -0.143. The molecule has 3 unspecified atom stereocenters. The molecule has 3 aromatic rings. The number of hydroxylamine groups is 1. The fourth-order valence-electron chi connectivity index (χ4n) is 4.32. The maximum atomic E-state index is 14.0. The van der Waals surface area contributed by atoms with Gasteiger partial charge in [-0.15, -0.1) is 0 Å². The molecule has 4 rings (SSSR count). The maximum absolute atomic E-state index is 14.0. The largest absolute Gasteiger partial charge is 0.391 e. The van der Waals surface area contributed by atoms with Crippen molar-refractivity contribution in [2.24, 2.45) is 5.92 Å². The zero-order chi connectivity index (χ0) is 25.1. The highest BCUT2D eigenvalue weighted by Gasteiger charge is 2.43. The van der Waals surface area contributed by atoms with Gasteiger partial charge in [-0.1, -0.05) is 49.3 Å². The van der Waals surface area contributed by atoms with Crippen molar-refractivity contribution >= 4 is 11.8 Å². The van der Waals surface area contributed by atoms with E-state index in [0.29, 0.717) is 28.3 Å². The Kier molecular flexibility index (Phi) is 7.16. The van der Waals surface area contributed by atoms with Crippen LogP contribution in [-0.2, 0) is 9.59 Å². The first-order chi connectivity index (χ1) is 16.7. The molecule has 2 heterocycles. The number of likely N-dealkylation sites (tertiary alicyclic amines) is 1. The van der Waals surface area contributed by atoms with Gasteiger partial charge in [-0.25, -0.2) is 4.39 Å². The van der Waals surface area contributed by atoms with Gasteiger partial charge in [0.25, 0.3) is 5.91 Å². The summed E-state index contributed by atoms with van der Waals surface area (Å²) in [4.78, 5) is 33.1. The van der Waals surface area contributed by atoms with Crippen molar-refractivity contribution in [3.05, 3.63) is 71.9 Å². The predicted octanol–water partition coefficient (Wildman–Crippen LogP) is 3.60. The number of nitrogens with zero attached hydrogens (tertiary/aromatic N) is 2. The second-order valence-electron chi connectivity index (χ2n) is 9.06. The van der Waals surface area contributed by atoms with Crippen LogP contribution < -0.4 is 10.3 Å². The number of β-amino-alcohol motifs (C(OH)–C–C–N with tert-alkyl or cyclic N) is 1. The molecule has 2 aromatic carbocycles. The molecule has 0 bridgehead atoms. The molecule has 1 aliphatic rings. The number of aliphatic hydroxyl groups excluding tert-OH is 1. The van der Waals surface area contributed by atoms with E-state index in [1.54, 1.807) is 55.5 Å². The summed E-state index contributed by atoms with van der Waals surface area (Å²) in [6, 6.07) is 13.8. The minimum atomic E-state index is -0.902. The molecular formula is C26H28FN3O5. The van der Waals surface area contributed by atoms with E-state index >= 15 is 0 Å². The summed E-state index contributed by atoms with van der Waals surface area (Å²) in [5.41, 5.74) is 4.16. The lowest BCUT2D eigenvalue weighted by Crippen LogP contribution is -2.48. The van der Waals surface area contributed by atoms with E-state index < -0.39 is 24.0 Å². The van der Waals surface area contributed by atoms with Crippen molar-refractivity contribution in [3.8, 4) is 16.9 Å². The molecule has 1 aromatic heterocycles. The monoisotopic (exact) mass is 481 g/mol. The number of aryl methyl sites for hydroxylation is 1. The first-order valence-corrected chi connectivity index (χ1v) is 11.5. The molecule has 1 saturated heterocycles. The summed E-state index contributed by atoms with van der Waals surface area (Å²) in [7, 11) is 0. The average Bonchev–Trinajstić information content (AvgIpc) is 3.43. The maximum Gasteiger partial charge on any atom is 0.275 e. The normalized spacial score (nSPS) is 18.5. The standard InChI is InChI=1S/C26H28FN3O5/c1-15(2)24(23-12-16(3)28-35-23)26(33)30-14-18(31)13-22(30)25(32)29-34-19-10-8-17(9-11-19)20-6-4-5-7-21(20)27/h4-12,15,18,22,24,31H,13-14H2,1-3H3,(H,29,32). The lowest BCUT2D eigenvalue weighted by Gasteiger charge is -2.28. The number of halogens is 1. The summed E-state index contributed by atoms with van der Waals surface area (Å²) in [5.74, 6) is -1.18. The van der Waals surface area contributed by atoms with Crippen molar-refractivity contribution in [2.75, 3.05) is 6.54 Å². The number of aromatic nitrogens is 1. The predicted molar refractivity (Wildman–Crippen MR) is 126 cm³/mol. The number of nitrogens with one attached hydrogen (secondary N) is 1. The Morgan fingerprint density at radius 3 is 2.54 bits per heavy atom. The number of carbonyl (C=O) groups is 2. The van der Waals surface area contributed by atoms with E-state index in [0.717, 1.165) is 0 Å². The fourth-order valence-corrected chi connectivity index (χ4v) is 4.32. The van der Waals surface area contributed by atoms with Gasteiger partial charge >= 0.3 is 0 Å². The summed E-state index contributed by atoms with van der Waals surface area (Å²) < 4.78 is 19.3. The Bertz CT molecular complexity index is 1190. The number of carbonyl (C=O) groups excluding carboxylic acids is 2. The van der Waals surface area contributed by atoms with E-state index in [2.05, 4.69) is 10.6 Å². The quantitative estimate of drug-likeness (QED) is 0.500. The molecule has 35 heavy (non-hydrogen) atoms. The number of rotatable bonds is 7. The van der Waals surface area contributed by atoms with Gasteiger partial charge in [0.2, 0.25) is 5.91 Å². The number of benzene rings is 2. The number of hydrogen-bond acceptors (Lipinski definition) is 6. The van der Waals surface area contributed by atoms with Gasteiger partial charge in [0.1, 0.15) is 23.5 Å². The molecule has 0 aliphatic carbocycles. The zero-order valence-corrected chi connectivity index (χ0v) is 19.8. The van der Waals surface area contributed by atoms with Gasteiger partial charge in [0, 0.05) is 24.6 Å². The first-order valence-electron chi connectivity index (χ1n) is 11.5. The molecule has 3 atom stereocenters. The van der Waals surface area contributed by atoms with Gasteiger partial charge in [0.05, 0.1) is 11.8 Å². The molecule has 2 N–H and O–H groups in total. The molecule has 8 nitrogen and oxygen atoms in total. The van der Waals surface area contributed by atoms with Gasteiger partial charge in [-0.05, 0) is 36.6 Å². The van der Waals surface area contributed by atoms with Gasteiger partial charge in [0.15, 0.2) is 5.75 Å². The van der Waals surface area contributed by atoms with E-state index in [4.69, 9.17) is 9.36 Å². The van der Waals surface area contributed by atoms with Crippen LogP contribution in [-0.4, -0.2) is 45.7 Å². The first kappa shape index (κ1) is 24.4. The highest BCUT2D eigenvalue weighted by Crippen LogP contribution is 2.31. The molecule has 1 aliphatic heterocycles. The summed E-state index contributed by atoms with van der Waals surface area (Å²) in [6.45, 7) is 5.57. The van der Waals surface area contributed by atoms with Gasteiger partial charge < -0.3 is 19.4 Å². The van der Waals surface area contributed by atoms with E-state index in [9.17, 15) is 19.1 Å². The van der Waals surface area contributed by atoms with Crippen LogP contribution in [0.25, 0.3) is 11.1 Å². The topological polar surface area (TPSA) is 105 Å². The molecule has 2 amide bonds. The molecule has 0 radical (unpaired) electrons. The third-order valence-corrected chi connectivity index (χ3v) is 6.06. The van der Waals surface area contributed by atoms with Crippen LogP contribution in [0.4, 0.5) is 4.39 Å². The number of amides is 2. The Morgan fingerprint density at radius 1 is 1.20 bits per heavy atom. The minimum absolute atomic E-state index is 0.0323. The Balaban J connectivity index is 1.43. The lowest BCUT2D eigenvalue weighted by atomic mass is 9.91. The Morgan fingerprint density at radius 2 is 1.91 bits per heavy atom. The smallest absolute Gasteiger partial charge is 0.275 e. The van der Waals surface area contributed by atoms with Crippen LogP contribution in [0.3, 0.4) is 0 Å². The van der Waals surface area contributed by atoms with E-state index in [1.807, 2.05) is 13.8 Å². The van der Waals surface area contributed by atoms with Crippen molar-refractivity contribution in [3.63, 3.8) is 0 Å². The Labute approximate surface area is 202 Å². The van der Waals surface area contributed by atoms with Crippen molar-refractivity contribution < 1.29 is 28.4 Å². The van der Waals surface area contributed by atoms with Crippen molar-refractivity contribution in [2.45, 2.75) is 45.3 Å². The molecular weight excluding hydrogens is 453 g/mol. The number of aliphatic hydroxyl groups is 1. The highest BCUT2D eigenvalue weighted by atomic mass is 19.1. The third-order valence-electron chi connectivity index (χ3n) is 6.06. The van der Waals surface area contributed by atoms with E-state index in [-0.39, 0.29) is 30.6 Å². The van der Waals surface area contributed by atoms with Crippen LogP contribution in [0, 0.1) is 18.7 Å². The second-order valence-corrected chi connectivity index (χ2v) is 9.06. The average molecular weight is 482 g/mol. The van der Waals surface area contributed by atoms with Crippen LogP contribution in [0.2, 0.25) is 0 Å². The van der Waals surface area contributed by atoms with Crippen LogP contribution >= 0.6 is 0 Å². The van der Waals surface area contributed by atoms with Crippen molar-refractivity contribution in [1.29, 1.82) is 0 Å². The summed E-state index contributed by atoms with van der Waals surface area (Å²) in [6.07, 6.45) is -0.744. The molecule has 184 valence electrons. The molecule has 0 saturated carbocycles. The van der Waals surface area contributed by atoms with E-state index in [1.165, 1.54) is 11.0 Å². The van der Waals surface area contributed by atoms with Crippen LogP contribution in [0.1, 0.15) is 37.6 Å². The zero-order valence-electron chi connectivity index (χ0n) is 19.8. The summed E-state index contributed by atoms with van der Waals surface area (Å²) >= 11 is 0. The van der Waals surface area contributed by atoms with Gasteiger partial charge in [-0.2, -0.15) is 5.48 Å². The fraction of sp³-hybridized carbons (Fsp3) is 0.346. The molecule has 1 fully saturated rings. The number of hydrogen-bond donors (Lipinski definition) is 2. The molecule has 9 heteroatoms. The second kappa shape index (κ2) is 10.3. The van der Waals surface area contributed by atoms with Crippen LogP contribution in [0.5, 0.6) is 5.75 Å². The Hall–Kier alpha value is -3.72. The van der Waals surface area contributed by atoms with Crippen LogP contribution in [0.15, 0.2) is 59.1 Å². The SMILES string of the molecule is Cc1cc(C(C(=O)N2CC(O)CC2C(=O)NOc2ccc(-c3ccccc3F)cc2)C(C)C)on1. The molecule has 0 spiro atoms. The minimum Gasteiger partial charge on any atom is -0.391 e. The van der Waals surface area contributed by atoms with Gasteiger partial charge in [-0.3, -0.25) is 9.59 Å². The highest BCUT2D eigenvalue weighted by molar-refractivity contribution is 5.91. The summed E-state index contributed by atoms with van der Waals surface area (Å²) in [5, 5.41) is 14.1.